The van der Waals surface area contributed by atoms with Crippen LogP contribution in [0.5, 0.6) is 5.75 Å². The molecule has 0 radical (unpaired) electrons. The van der Waals surface area contributed by atoms with E-state index < -0.39 is 17.8 Å². The molecule has 10 heteroatoms. The number of anilines is 1. The summed E-state index contributed by atoms with van der Waals surface area (Å²) in [5.74, 6) is -0.713. The molecule has 3 aromatic carbocycles. The largest absolute Gasteiger partial charge is 0.497 e. The van der Waals surface area contributed by atoms with Gasteiger partial charge in [-0.3, -0.25) is 9.59 Å². The van der Waals surface area contributed by atoms with Crippen molar-refractivity contribution >= 4 is 28.5 Å². The van der Waals surface area contributed by atoms with Gasteiger partial charge in [-0.1, -0.05) is 29.5 Å². The minimum atomic E-state index is -1.03. The van der Waals surface area contributed by atoms with Crippen LogP contribution in [0.25, 0.3) is 11.0 Å². The van der Waals surface area contributed by atoms with Gasteiger partial charge >= 0.3 is 0 Å². The van der Waals surface area contributed by atoms with Crippen LogP contribution in [-0.4, -0.2) is 59.1 Å². The van der Waals surface area contributed by atoms with Crippen LogP contribution in [0, 0.1) is 5.82 Å². The van der Waals surface area contributed by atoms with Crippen molar-refractivity contribution in [2.75, 3.05) is 32.7 Å². The van der Waals surface area contributed by atoms with E-state index >= 15 is 0 Å². The number of halogens is 1. The lowest BCUT2D eigenvalue weighted by Crippen LogP contribution is -2.44. The van der Waals surface area contributed by atoms with Crippen LogP contribution in [0.3, 0.4) is 0 Å². The predicted octanol–water partition coefficient (Wildman–Crippen LogP) is 3.43. The molecular formula is C26H26FN5O4. The molecule has 1 N–H and O–H groups in total. The summed E-state index contributed by atoms with van der Waals surface area (Å²) in [5, 5.41) is 11.0. The standard InChI is InChI=1S/C26H26FN5O4/c1-35-15-14-31(24(33)17-32-23-9-4-3-8-22(23)29-30-32)25(18-6-5-7-21(16-18)36-2)26(34)28-20-12-10-19(27)11-13-20/h3-13,16,25H,14-15,17H2,1-2H3,(H,28,34)/t25-/m0/s1. The highest BCUT2D eigenvalue weighted by Crippen LogP contribution is 2.27. The second-order valence-electron chi connectivity index (χ2n) is 7.99. The summed E-state index contributed by atoms with van der Waals surface area (Å²) >= 11 is 0. The highest BCUT2D eigenvalue weighted by molar-refractivity contribution is 5.98. The van der Waals surface area contributed by atoms with E-state index in [-0.39, 0.29) is 25.6 Å². The maximum atomic E-state index is 13.7. The Morgan fingerprint density at radius 3 is 2.58 bits per heavy atom. The van der Waals surface area contributed by atoms with E-state index in [2.05, 4.69) is 15.6 Å². The van der Waals surface area contributed by atoms with Gasteiger partial charge < -0.3 is 19.7 Å². The van der Waals surface area contributed by atoms with Crippen LogP contribution in [-0.2, 0) is 20.9 Å². The normalized spacial score (nSPS) is 11.8. The third-order valence-electron chi connectivity index (χ3n) is 5.64. The number of carbonyl (C=O) groups excluding carboxylic acids is 2. The molecule has 0 saturated carbocycles. The van der Waals surface area contributed by atoms with Crippen LogP contribution >= 0.6 is 0 Å². The zero-order valence-corrected chi connectivity index (χ0v) is 19.9. The van der Waals surface area contributed by atoms with Gasteiger partial charge in [-0.15, -0.1) is 5.10 Å². The molecule has 0 aliphatic rings. The third kappa shape index (κ3) is 5.66. The smallest absolute Gasteiger partial charge is 0.251 e. The van der Waals surface area contributed by atoms with E-state index in [0.29, 0.717) is 28.0 Å². The van der Waals surface area contributed by atoms with Crippen molar-refractivity contribution in [1.29, 1.82) is 0 Å². The molecule has 0 aliphatic heterocycles. The number of hydrogen-bond donors (Lipinski definition) is 1. The highest BCUT2D eigenvalue weighted by atomic mass is 19.1. The van der Waals surface area contributed by atoms with Gasteiger partial charge in [0.25, 0.3) is 5.91 Å². The zero-order valence-electron chi connectivity index (χ0n) is 19.9. The Hall–Kier alpha value is -4.31. The number of rotatable bonds is 10. The number of nitrogens with one attached hydrogen (secondary N) is 1. The minimum Gasteiger partial charge on any atom is -0.497 e. The molecule has 0 aliphatic carbocycles. The van der Waals surface area contributed by atoms with Gasteiger partial charge in [0.1, 0.15) is 29.7 Å². The summed E-state index contributed by atoms with van der Waals surface area (Å²) in [4.78, 5) is 28.7. The Labute approximate surface area is 207 Å². The van der Waals surface area contributed by atoms with Crippen molar-refractivity contribution in [1.82, 2.24) is 19.9 Å². The number of methoxy groups -OCH3 is 2. The first kappa shape index (κ1) is 24.8. The molecule has 2 amide bonds. The molecule has 4 aromatic rings. The summed E-state index contributed by atoms with van der Waals surface area (Å²) in [5.41, 5.74) is 2.30. The number of nitrogens with zero attached hydrogens (tertiary/aromatic N) is 4. The van der Waals surface area contributed by atoms with Crippen molar-refractivity contribution in [2.24, 2.45) is 0 Å². The minimum absolute atomic E-state index is 0.130. The number of ether oxygens (including phenoxy) is 2. The second-order valence-corrected chi connectivity index (χ2v) is 7.99. The molecule has 4 rings (SSSR count). The first-order valence-corrected chi connectivity index (χ1v) is 11.3. The Balaban J connectivity index is 1.70. The second kappa shape index (κ2) is 11.4. The third-order valence-corrected chi connectivity index (χ3v) is 5.64. The Kier molecular flexibility index (Phi) is 7.86. The Morgan fingerprint density at radius 2 is 1.83 bits per heavy atom. The lowest BCUT2D eigenvalue weighted by Gasteiger charge is -2.31. The zero-order chi connectivity index (χ0) is 25.5. The lowest BCUT2D eigenvalue weighted by atomic mass is 10.0. The van der Waals surface area contributed by atoms with Crippen molar-refractivity contribution in [2.45, 2.75) is 12.6 Å². The van der Waals surface area contributed by atoms with Crippen LogP contribution in [0.4, 0.5) is 10.1 Å². The molecule has 36 heavy (non-hydrogen) atoms. The van der Waals surface area contributed by atoms with E-state index in [1.165, 1.54) is 48.1 Å². The van der Waals surface area contributed by atoms with Crippen LogP contribution < -0.4 is 10.1 Å². The number of carbonyl (C=O) groups is 2. The number of amides is 2. The molecule has 9 nitrogen and oxygen atoms in total. The molecule has 0 saturated heterocycles. The lowest BCUT2D eigenvalue weighted by molar-refractivity contribution is -0.140. The number of fused-ring (bicyclic) bond motifs is 1. The van der Waals surface area contributed by atoms with E-state index in [1.807, 2.05) is 18.2 Å². The van der Waals surface area contributed by atoms with Gasteiger partial charge in [0.2, 0.25) is 5.91 Å². The SMILES string of the molecule is COCCN(C(=O)Cn1nnc2ccccc21)[C@H](C(=O)Nc1ccc(F)cc1)c1cccc(OC)c1. The quantitative estimate of drug-likeness (QED) is 0.365. The van der Waals surface area contributed by atoms with Gasteiger partial charge in [-0.2, -0.15) is 0 Å². The van der Waals surface area contributed by atoms with E-state index in [0.717, 1.165) is 0 Å². The highest BCUT2D eigenvalue weighted by Gasteiger charge is 2.32. The molecule has 1 aromatic heterocycles. The fourth-order valence-electron chi connectivity index (χ4n) is 3.87. The van der Waals surface area contributed by atoms with Crippen molar-refractivity contribution in [3.8, 4) is 5.75 Å². The molecular weight excluding hydrogens is 465 g/mol. The van der Waals surface area contributed by atoms with Crippen molar-refractivity contribution < 1.29 is 23.5 Å². The number of aromatic nitrogens is 3. The molecule has 1 heterocycles. The maximum Gasteiger partial charge on any atom is 0.251 e. The van der Waals surface area contributed by atoms with Gasteiger partial charge in [0, 0.05) is 19.3 Å². The van der Waals surface area contributed by atoms with E-state index in [9.17, 15) is 14.0 Å². The van der Waals surface area contributed by atoms with Crippen LogP contribution in [0.15, 0.2) is 72.8 Å². The molecule has 0 fully saturated rings. The number of hydrogen-bond acceptors (Lipinski definition) is 6. The maximum absolute atomic E-state index is 13.7. The topological polar surface area (TPSA) is 98.6 Å². The average Bonchev–Trinajstić information content (AvgIpc) is 3.30. The van der Waals surface area contributed by atoms with Crippen molar-refractivity contribution in [3.63, 3.8) is 0 Å². The van der Waals surface area contributed by atoms with Gasteiger partial charge in [-0.25, -0.2) is 9.07 Å². The molecule has 1 atom stereocenters. The van der Waals surface area contributed by atoms with Crippen molar-refractivity contribution in [3.05, 3.63) is 84.2 Å². The first-order chi connectivity index (χ1) is 17.5. The molecule has 0 bridgehead atoms. The monoisotopic (exact) mass is 491 g/mol. The molecule has 0 spiro atoms. The van der Waals surface area contributed by atoms with Gasteiger partial charge in [-0.05, 0) is 54.1 Å². The van der Waals surface area contributed by atoms with Crippen LogP contribution in [0.2, 0.25) is 0 Å². The summed E-state index contributed by atoms with van der Waals surface area (Å²) in [7, 11) is 3.04. The van der Waals surface area contributed by atoms with E-state index in [4.69, 9.17) is 9.47 Å². The fraction of sp³-hybridized carbons (Fsp3) is 0.231. The first-order valence-electron chi connectivity index (χ1n) is 11.3. The van der Waals surface area contributed by atoms with E-state index in [1.54, 1.807) is 30.3 Å². The Bertz CT molecular complexity index is 1340. The molecule has 0 unspecified atom stereocenters. The summed E-state index contributed by atoms with van der Waals surface area (Å²) in [6, 6.07) is 18.6. The summed E-state index contributed by atoms with van der Waals surface area (Å²) in [6.07, 6.45) is 0. The van der Waals surface area contributed by atoms with Crippen LogP contribution in [0.1, 0.15) is 11.6 Å². The van der Waals surface area contributed by atoms with Gasteiger partial charge in [0.05, 0.1) is 19.2 Å². The summed E-state index contributed by atoms with van der Waals surface area (Å²) in [6.45, 7) is 0.212. The molecule has 186 valence electrons. The summed E-state index contributed by atoms with van der Waals surface area (Å²) < 4.78 is 25.5. The van der Waals surface area contributed by atoms with Gasteiger partial charge in [0.15, 0.2) is 0 Å². The average molecular weight is 492 g/mol. The number of benzene rings is 3. The fourth-order valence-corrected chi connectivity index (χ4v) is 3.87. The number of para-hydroxylation sites is 1. The Morgan fingerprint density at radius 1 is 1.06 bits per heavy atom. The predicted molar refractivity (Wildman–Crippen MR) is 132 cm³/mol.